The van der Waals surface area contributed by atoms with Crippen molar-refractivity contribution in [3.8, 4) is 5.75 Å². The van der Waals surface area contributed by atoms with E-state index in [1.165, 1.54) is 43.6 Å². The number of thioether (sulfide) groups is 1. The molecule has 28 heavy (non-hydrogen) atoms. The summed E-state index contributed by atoms with van der Waals surface area (Å²) in [6.07, 6.45) is 0. The maximum Gasteiger partial charge on any atom is 0.242 e. The molecule has 2 aromatic carbocycles. The predicted molar refractivity (Wildman–Crippen MR) is 112 cm³/mol. The minimum atomic E-state index is -3.45. The monoisotopic (exact) mass is 422 g/mol. The molecule has 0 saturated heterocycles. The molecule has 1 atom stereocenters. The number of hydrogen-bond acceptors (Lipinski definition) is 5. The van der Waals surface area contributed by atoms with Crippen LogP contribution in [0, 0.1) is 6.92 Å². The molecule has 0 saturated carbocycles. The molecule has 0 aliphatic rings. The number of carbonyl (C=O) groups excluding carboxylic acids is 1. The number of nitrogens with one attached hydrogen (secondary N) is 1. The Balaban J connectivity index is 1.76. The Hall–Kier alpha value is -2.03. The van der Waals surface area contributed by atoms with Crippen LogP contribution >= 0.6 is 11.8 Å². The van der Waals surface area contributed by atoms with Gasteiger partial charge in [-0.15, -0.1) is 11.8 Å². The van der Waals surface area contributed by atoms with Crippen molar-refractivity contribution in [3.05, 3.63) is 54.1 Å². The zero-order valence-electron chi connectivity index (χ0n) is 16.5. The van der Waals surface area contributed by atoms with Gasteiger partial charge < -0.3 is 10.1 Å². The number of amides is 1. The summed E-state index contributed by atoms with van der Waals surface area (Å²) in [5.74, 6) is 0.496. The fourth-order valence-corrected chi connectivity index (χ4v) is 4.07. The van der Waals surface area contributed by atoms with E-state index in [1.807, 2.05) is 38.1 Å². The fraction of sp³-hybridized carbons (Fsp3) is 0.350. The topological polar surface area (TPSA) is 75.7 Å². The molecule has 152 valence electrons. The summed E-state index contributed by atoms with van der Waals surface area (Å²) in [6, 6.07) is 14.3. The van der Waals surface area contributed by atoms with E-state index in [9.17, 15) is 13.2 Å². The number of benzene rings is 2. The van der Waals surface area contributed by atoms with E-state index < -0.39 is 10.0 Å². The molecule has 0 unspecified atom stereocenters. The van der Waals surface area contributed by atoms with Crippen LogP contribution in [0.5, 0.6) is 5.75 Å². The molecule has 0 radical (unpaired) electrons. The molecule has 2 rings (SSSR count). The summed E-state index contributed by atoms with van der Waals surface area (Å²) in [6.45, 7) is 4.56. The smallest absolute Gasteiger partial charge is 0.242 e. The van der Waals surface area contributed by atoms with Crippen LogP contribution in [-0.2, 0) is 14.8 Å². The van der Waals surface area contributed by atoms with Gasteiger partial charge in [0.1, 0.15) is 12.4 Å². The maximum atomic E-state index is 12.2. The van der Waals surface area contributed by atoms with Gasteiger partial charge in [-0.25, -0.2) is 12.7 Å². The lowest BCUT2D eigenvalue weighted by Crippen LogP contribution is -2.33. The first-order valence-electron chi connectivity index (χ1n) is 8.86. The van der Waals surface area contributed by atoms with Gasteiger partial charge in [0, 0.05) is 19.0 Å². The molecule has 0 bridgehead atoms. The molecule has 0 fully saturated rings. The van der Waals surface area contributed by atoms with Crippen LogP contribution < -0.4 is 10.1 Å². The Kier molecular flexibility index (Phi) is 7.91. The van der Waals surface area contributed by atoms with E-state index in [1.54, 1.807) is 12.1 Å². The molecule has 1 amide bonds. The Labute approximate surface area is 171 Å². The first kappa shape index (κ1) is 22.3. The normalized spacial score (nSPS) is 12.6. The number of sulfonamides is 1. The first-order chi connectivity index (χ1) is 13.2. The molecular formula is C20H26N2O4S2. The highest BCUT2D eigenvalue weighted by Gasteiger charge is 2.17. The first-order valence-corrected chi connectivity index (χ1v) is 11.2. The van der Waals surface area contributed by atoms with Crippen LogP contribution in [0.25, 0.3) is 0 Å². The van der Waals surface area contributed by atoms with E-state index in [-0.39, 0.29) is 16.1 Å². The number of hydrogen-bond donors (Lipinski definition) is 1. The molecule has 0 spiro atoms. The molecule has 6 nitrogen and oxygen atoms in total. The van der Waals surface area contributed by atoms with Gasteiger partial charge in [0.2, 0.25) is 15.9 Å². The average Bonchev–Trinajstić information content (AvgIpc) is 2.67. The van der Waals surface area contributed by atoms with E-state index in [2.05, 4.69) is 5.32 Å². The van der Waals surface area contributed by atoms with E-state index in [4.69, 9.17) is 4.74 Å². The van der Waals surface area contributed by atoms with Crippen molar-refractivity contribution in [1.29, 1.82) is 0 Å². The Morgan fingerprint density at radius 3 is 2.29 bits per heavy atom. The van der Waals surface area contributed by atoms with E-state index in [0.29, 0.717) is 18.9 Å². The second kappa shape index (κ2) is 9.95. The molecule has 0 heterocycles. The van der Waals surface area contributed by atoms with Gasteiger partial charge >= 0.3 is 0 Å². The van der Waals surface area contributed by atoms with Gasteiger partial charge in [-0.3, -0.25) is 4.79 Å². The van der Waals surface area contributed by atoms with Crippen LogP contribution in [0.1, 0.15) is 12.5 Å². The van der Waals surface area contributed by atoms with Gasteiger partial charge in [-0.1, -0.05) is 17.7 Å². The second-order valence-electron chi connectivity index (χ2n) is 6.47. The number of carbonyl (C=O) groups is 1. The summed E-state index contributed by atoms with van der Waals surface area (Å²) in [7, 11) is -0.476. The third-order valence-corrected chi connectivity index (χ3v) is 6.92. The summed E-state index contributed by atoms with van der Waals surface area (Å²) in [4.78, 5) is 13.4. The third-order valence-electron chi connectivity index (χ3n) is 3.98. The van der Waals surface area contributed by atoms with Crippen molar-refractivity contribution in [1.82, 2.24) is 9.62 Å². The standard InChI is InChI=1S/C20H26N2O4S2/c1-15-5-9-18(10-6-15)27-16(2)20(23)21-13-14-26-17-7-11-19(12-8-17)28(24,25)22(3)4/h5-12,16H,13-14H2,1-4H3,(H,21,23)/t16-/m0/s1. The lowest BCUT2D eigenvalue weighted by Gasteiger charge is -2.13. The van der Waals surface area contributed by atoms with E-state index in [0.717, 1.165) is 9.20 Å². The molecule has 0 aliphatic heterocycles. The molecular weight excluding hydrogens is 396 g/mol. The summed E-state index contributed by atoms with van der Waals surface area (Å²) in [5, 5.41) is 2.64. The van der Waals surface area contributed by atoms with E-state index >= 15 is 0 Å². The fourth-order valence-electron chi connectivity index (χ4n) is 2.28. The number of ether oxygens (including phenoxy) is 1. The zero-order chi connectivity index (χ0) is 20.7. The van der Waals surface area contributed by atoms with Gasteiger partial charge in [-0.2, -0.15) is 0 Å². The van der Waals surface area contributed by atoms with Gasteiger partial charge in [0.05, 0.1) is 16.7 Å². The highest BCUT2D eigenvalue weighted by atomic mass is 32.2. The maximum absolute atomic E-state index is 12.2. The van der Waals surface area contributed by atoms with Crippen molar-refractivity contribution in [2.24, 2.45) is 0 Å². The van der Waals surface area contributed by atoms with Crippen LogP contribution in [-0.4, -0.2) is 51.1 Å². The average molecular weight is 423 g/mol. The van der Waals surface area contributed by atoms with Crippen LogP contribution in [0.4, 0.5) is 0 Å². The molecule has 0 aliphatic carbocycles. The second-order valence-corrected chi connectivity index (χ2v) is 10.0. The van der Waals surface area contributed by atoms with Gasteiger partial charge in [-0.05, 0) is 50.2 Å². The van der Waals surface area contributed by atoms with Gasteiger partial charge in [0.25, 0.3) is 0 Å². The minimum absolute atomic E-state index is 0.0541. The Morgan fingerprint density at radius 1 is 1.11 bits per heavy atom. The van der Waals surface area contributed by atoms with Crippen molar-refractivity contribution < 1.29 is 17.9 Å². The Bertz CT molecular complexity index is 879. The van der Waals surface area contributed by atoms with Crippen molar-refractivity contribution in [2.75, 3.05) is 27.2 Å². The minimum Gasteiger partial charge on any atom is -0.492 e. The Morgan fingerprint density at radius 2 is 1.71 bits per heavy atom. The quantitative estimate of drug-likeness (QED) is 0.497. The largest absolute Gasteiger partial charge is 0.492 e. The van der Waals surface area contributed by atoms with Gasteiger partial charge in [0.15, 0.2) is 0 Å². The highest BCUT2D eigenvalue weighted by Crippen LogP contribution is 2.23. The molecule has 8 heteroatoms. The van der Waals surface area contributed by atoms with Crippen LogP contribution in [0.2, 0.25) is 0 Å². The van der Waals surface area contributed by atoms with Crippen LogP contribution in [0.15, 0.2) is 58.3 Å². The highest BCUT2D eigenvalue weighted by molar-refractivity contribution is 8.00. The van der Waals surface area contributed by atoms with Crippen molar-refractivity contribution in [3.63, 3.8) is 0 Å². The zero-order valence-corrected chi connectivity index (χ0v) is 18.1. The number of aryl methyl sites for hydroxylation is 1. The lowest BCUT2D eigenvalue weighted by molar-refractivity contribution is -0.120. The lowest BCUT2D eigenvalue weighted by atomic mass is 10.2. The SMILES string of the molecule is Cc1ccc(S[C@@H](C)C(=O)NCCOc2ccc(S(=O)(=O)N(C)C)cc2)cc1. The third kappa shape index (κ3) is 6.25. The van der Waals surface area contributed by atoms with Crippen LogP contribution in [0.3, 0.4) is 0 Å². The number of nitrogens with zero attached hydrogens (tertiary/aromatic N) is 1. The summed E-state index contributed by atoms with van der Waals surface area (Å²) >= 11 is 1.51. The summed E-state index contributed by atoms with van der Waals surface area (Å²) < 4.78 is 30.8. The van der Waals surface area contributed by atoms with Crippen molar-refractivity contribution >= 4 is 27.7 Å². The number of rotatable bonds is 9. The molecule has 0 aromatic heterocycles. The predicted octanol–water partition coefficient (Wildman–Crippen LogP) is 2.92. The molecule has 1 N–H and O–H groups in total. The summed E-state index contributed by atoms with van der Waals surface area (Å²) in [5.41, 5.74) is 1.19. The molecule has 2 aromatic rings. The van der Waals surface area contributed by atoms with Crippen molar-refractivity contribution in [2.45, 2.75) is 28.9 Å².